The van der Waals surface area contributed by atoms with Crippen molar-refractivity contribution < 1.29 is 9.90 Å². The molecule has 0 aliphatic heterocycles. The predicted octanol–water partition coefficient (Wildman–Crippen LogP) is 2.49. The van der Waals surface area contributed by atoms with E-state index >= 15 is 0 Å². The third kappa shape index (κ3) is 2.11. The van der Waals surface area contributed by atoms with E-state index in [1.807, 2.05) is 6.20 Å². The number of hydrogen-bond donors (Lipinski definition) is 3. The number of benzene rings is 1. The zero-order chi connectivity index (χ0) is 13.3. The second-order valence-electron chi connectivity index (χ2n) is 4.80. The second kappa shape index (κ2) is 4.82. The fourth-order valence-corrected chi connectivity index (χ4v) is 2.17. The smallest absolute Gasteiger partial charge is 0.337 e. The maximum atomic E-state index is 11.3. The molecule has 4 N–H and O–H groups in total. The molecular formula is C14H18N2O2. The highest BCUT2D eigenvalue weighted by Crippen LogP contribution is 2.27. The Bertz CT molecular complexity index is 585. The van der Waals surface area contributed by atoms with E-state index in [0.29, 0.717) is 23.5 Å². The van der Waals surface area contributed by atoms with Gasteiger partial charge in [0.15, 0.2) is 0 Å². The van der Waals surface area contributed by atoms with Crippen LogP contribution in [-0.4, -0.2) is 22.6 Å². The summed E-state index contributed by atoms with van der Waals surface area (Å²) in [6.07, 6.45) is 2.61. The zero-order valence-electron chi connectivity index (χ0n) is 10.7. The van der Waals surface area contributed by atoms with E-state index in [2.05, 4.69) is 24.9 Å². The minimum absolute atomic E-state index is 0.299. The Morgan fingerprint density at radius 3 is 2.72 bits per heavy atom. The van der Waals surface area contributed by atoms with Crippen LogP contribution in [-0.2, 0) is 6.42 Å². The number of hydrogen-bond acceptors (Lipinski definition) is 2. The van der Waals surface area contributed by atoms with Gasteiger partial charge in [-0.05, 0) is 42.1 Å². The van der Waals surface area contributed by atoms with Gasteiger partial charge in [-0.1, -0.05) is 13.8 Å². The van der Waals surface area contributed by atoms with Gasteiger partial charge in [-0.25, -0.2) is 4.79 Å². The minimum Gasteiger partial charge on any atom is -0.478 e. The zero-order valence-corrected chi connectivity index (χ0v) is 10.7. The fraction of sp³-hybridized carbons (Fsp3) is 0.357. The topological polar surface area (TPSA) is 79.1 Å². The van der Waals surface area contributed by atoms with Crippen molar-refractivity contribution in [1.82, 2.24) is 4.98 Å². The summed E-state index contributed by atoms with van der Waals surface area (Å²) in [6, 6.07) is 3.81. The molecule has 1 heterocycles. The number of fused-ring (bicyclic) bond motifs is 1. The molecule has 2 aromatic rings. The lowest BCUT2D eigenvalue weighted by Crippen LogP contribution is -2.03. The van der Waals surface area contributed by atoms with Gasteiger partial charge in [0.1, 0.15) is 0 Å². The van der Waals surface area contributed by atoms with Crippen LogP contribution in [0, 0.1) is 0 Å². The van der Waals surface area contributed by atoms with Crippen LogP contribution in [0.5, 0.6) is 0 Å². The van der Waals surface area contributed by atoms with Crippen molar-refractivity contribution in [2.24, 2.45) is 5.73 Å². The number of nitrogens with two attached hydrogens (primary N) is 1. The number of carbonyl (C=O) groups is 1. The number of carboxylic acids is 1. The molecule has 4 heteroatoms. The first kappa shape index (κ1) is 12.6. The lowest BCUT2D eigenvalue weighted by atomic mass is 9.96. The molecule has 2 rings (SSSR count). The molecule has 0 amide bonds. The Labute approximate surface area is 106 Å². The highest BCUT2D eigenvalue weighted by molar-refractivity contribution is 6.03. The molecule has 0 bridgehead atoms. The lowest BCUT2D eigenvalue weighted by molar-refractivity contribution is 0.0698. The summed E-state index contributed by atoms with van der Waals surface area (Å²) >= 11 is 0. The molecule has 0 atom stereocenters. The Morgan fingerprint density at radius 1 is 1.44 bits per heavy atom. The number of rotatable bonds is 4. The largest absolute Gasteiger partial charge is 0.478 e. The van der Waals surface area contributed by atoms with E-state index in [-0.39, 0.29) is 0 Å². The van der Waals surface area contributed by atoms with Gasteiger partial charge in [0, 0.05) is 11.6 Å². The van der Waals surface area contributed by atoms with Gasteiger partial charge in [-0.15, -0.1) is 0 Å². The molecule has 0 spiro atoms. The van der Waals surface area contributed by atoms with Gasteiger partial charge in [-0.2, -0.15) is 0 Å². The number of aromatic nitrogens is 1. The molecule has 0 saturated heterocycles. The van der Waals surface area contributed by atoms with E-state index < -0.39 is 5.97 Å². The highest BCUT2D eigenvalue weighted by Gasteiger charge is 2.15. The SMILES string of the molecule is CC(C)c1cc(C(=O)O)c2[nH]cc(CCN)c2c1. The van der Waals surface area contributed by atoms with Gasteiger partial charge >= 0.3 is 5.97 Å². The summed E-state index contributed by atoms with van der Waals surface area (Å²) in [5.41, 5.74) is 8.72. The standard InChI is InChI=1S/C14H18N2O2/c1-8(2)10-5-11-9(3-4-15)7-16-13(11)12(6-10)14(17)18/h5-8,16H,3-4,15H2,1-2H3,(H,17,18). The van der Waals surface area contributed by atoms with Gasteiger partial charge in [0.2, 0.25) is 0 Å². The van der Waals surface area contributed by atoms with Crippen molar-refractivity contribution in [3.63, 3.8) is 0 Å². The second-order valence-corrected chi connectivity index (χ2v) is 4.80. The third-order valence-corrected chi connectivity index (χ3v) is 3.21. The summed E-state index contributed by atoms with van der Waals surface area (Å²) in [5.74, 6) is -0.600. The van der Waals surface area contributed by atoms with Crippen LogP contribution in [0.4, 0.5) is 0 Å². The Balaban J connectivity index is 2.71. The molecule has 0 saturated carbocycles. The van der Waals surface area contributed by atoms with Gasteiger partial charge < -0.3 is 15.8 Å². The summed E-state index contributed by atoms with van der Waals surface area (Å²) in [4.78, 5) is 14.4. The van der Waals surface area contributed by atoms with Crippen molar-refractivity contribution in [1.29, 1.82) is 0 Å². The van der Waals surface area contributed by atoms with Crippen molar-refractivity contribution in [3.8, 4) is 0 Å². The average Bonchev–Trinajstić information content (AvgIpc) is 2.71. The molecule has 4 nitrogen and oxygen atoms in total. The van der Waals surface area contributed by atoms with E-state index in [1.165, 1.54) is 0 Å². The monoisotopic (exact) mass is 246 g/mol. The first-order chi connectivity index (χ1) is 8.54. The van der Waals surface area contributed by atoms with Crippen molar-refractivity contribution in [3.05, 3.63) is 35.0 Å². The van der Waals surface area contributed by atoms with Gasteiger partial charge in [0.05, 0.1) is 11.1 Å². The van der Waals surface area contributed by atoms with Crippen LogP contribution in [0.1, 0.15) is 41.3 Å². The molecule has 0 aliphatic carbocycles. The van der Waals surface area contributed by atoms with Crippen molar-refractivity contribution >= 4 is 16.9 Å². The van der Waals surface area contributed by atoms with Crippen molar-refractivity contribution in [2.75, 3.05) is 6.54 Å². The van der Waals surface area contributed by atoms with Crippen LogP contribution in [0.25, 0.3) is 10.9 Å². The molecule has 0 radical (unpaired) electrons. The maximum absolute atomic E-state index is 11.3. The summed E-state index contributed by atoms with van der Waals surface area (Å²) in [7, 11) is 0. The highest BCUT2D eigenvalue weighted by atomic mass is 16.4. The van der Waals surface area contributed by atoms with Crippen LogP contribution in [0.3, 0.4) is 0 Å². The molecule has 18 heavy (non-hydrogen) atoms. The molecule has 1 aromatic carbocycles. The van der Waals surface area contributed by atoms with Crippen LogP contribution in [0.15, 0.2) is 18.3 Å². The maximum Gasteiger partial charge on any atom is 0.337 e. The lowest BCUT2D eigenvalue weighted by Gasteiger charge is -2.08. The first-order valence-electron chi connectivity index (χ1n) is 6.11. The molecule has 0 aliphatic rings. The fourth-order valence-electron chi connectivity index (χ4n) is 2.17. The van der Waals surface area contributed by atoms with E-state index in [1.54, 1.807) is 6.07 Å². The minimum atomic E-state index is -0.899. The summed E-state index contributed by atoms with van der Waals surface area (Å²) in [5, 5.41) is 10.3. The van der Waals surface area contributed by atoms with Gasteiger partial charge in [0.25, 0.3) is 0 Å². The quantitative estimate of drug-likeness (QED) is 0.775. The molecule has 0 unspecified atom stereocenters. The third-order valence-electron chi connectivity index (χ3n) is 3.21. The van der Waals surface area contributed by atoms with Gasteiger partial charge in [-0.3, -0.25) is 0 Å². The average molecular weight is 246 g/mol. The summed E-state index contributed by atoms with van der Waals surface area (Å²) in [6.45, 7) is 4.67. The van der Waals surface area contributed by atoms with E-state index in [0.717, 1.165) is 22.9 Å². The molecule has 96 valence electrons. The van der Waals surface area contributed by atoms with Crippen molar-refractivity contribution in [2.45, 2.75) is 26.2 Å². The number of aromatic carboxylic acids is 1. The van der Waals surface area contributed by atoms with Crippen LogP contribution >= 0.6 is 0 Å². The predicted molar refractivity (Wildman–Crippen MR) is 72.1 cm³/mol. The first-order valence-corrected chi connectivity index (χ1v) is 6.11. The number of carboxylic acid groups (broad SMARTS) is 1. The van der Waals surface area contributed by atoms with Crippen LogP contribution < -0.4 is 5.73 Å². The van der Waals surface area contributed by atoms with Crippen LogP contribution in [0.2, 0.25) is 0 Å². The number of H-pyrrole nitrogens is 1. The van der Waals surface area contributed by atoms with E-state index in [9.17, 15) is 9.90 Å². The molecule has 0 fully saturated rings. The summed E-state index contributed by atoms with van der Waals surface area (Å²) < 4.78 is 0. The Hall–Kier alpha value is -1.81. The number of aromatic amines is 1. The Kier molecular flexibility index (Phi) is 3.39. The normalized spacial score (nSPS) is 11.3. The van der Waals surface area contributed by atoms with E-state index in [4.69, 9.17) is 5.73 Å². The molecular weight excluding hydrogens is 228 g/mol. The number of nitrogens with one attached hydrogen (secondary N) is 1. The Morgan fingerprint density at radius 2 is 2.17 bits per heavy atom. The molecule has 1 aromatic heterocycles.